The van der Waals surface area contributed by atoms with Gasteiger partial charge in [-0.3, -0.25) is 9.59 Å². The molecule has 1 aromatic heterocycles. The maximum Gasteiger partial charge on any atom is 0.244 e. The lowest BCUT2D eigenvalue weighted by Crippen LogP contribution is -2.22. The quantitative estimate of drug-likeness (QED) is 0.205. The summed E-state index contributed by atoms with van der Waals surface area (Å²) < 4.78 is 13.4. The zero-order chi connectivity index (χ0) is 25.4. The summed E-state index contributed by atoms with van der Waals surface area (Å²) in [7, 11) is 4.92. The number of carbonyl (C=O) groups excluding carboxylic acids is 2. The number of carbonyl (C=O) groups is 2. The predicted molar refractivity (Wildman–Crippen MR) is 145 cm³/mol. The van der Waals surface area contributed by atoms with Crippen molar-refractivity contribution in [3.05, 3.63) is 63.0 Å². The van der Waals surface area contributed by atoms with Crippen molar-refractivity contribution in [2.75, 3.05) is 25.3 Å². The zero-order valence-corrected chi connectivity index (χ0v) is 22.8. The third kappa shape index (κ3) is 7.46. The Balaban J connectivity index is 1.50. The number of benzene rings is 2. The molecule has 0 aliphatic carbocycles. The number of nitrogens with one attached hydrogen (secondary N) is 2. The van der Waals surface area contributed by atoms with Gasteiger partial charge in [-0.05, 0) is 77.0 Å². The minimum atomic E-state index is -0.274. The lowest BCUT2D eigenvalue weighted by molar-refractivity contribution is -0.116. The Morgan fingerprint density at radius 1 is 1.11 bits per heavy atom. The van der Waals surface area contributed by atoms with Gasteiger partial charge in [-0.15, -0.1) is 10.2 Å². The zero-order valence-electron chi connectivity index (χ0n) is 19.8. The molecule has 0 spiro atoms. The van der Waals surface area contributed by atoms with E-state index in [1.165, 1.54) is 17.8 Å². The Morgan fingerprint density at radius 2 is 1.89 bits per heavy atom. The molecule has 11 heteroatoms. The Hall–Kier alpha value is -3.06. The van der Waals surface area contributed by atoms with Crippen molar-refractivity contribution in [1.82, 2.24) is 20.1 Å². The van der Waals surface area contributed by atoms with E-state index in [4.69, 9.17) is 9.47 Å². The van der Waals surface area contributed by atoms with Crippen LogP contribution in [0.15, 0.2) is 47.6 Å². The molecule has 9 nitrogen and oxygen atoms in total. The molecule has 184 valence electrons. The van der Waals surface area contributed by atoms with Gasteiger partial charge in [-0.2, -0.15) is 0 Å². The molecule has 2 aromatic carbocycles. The Labute approximate surface area is 221 Å². The molecule has 0 aliphatic rings. The second kappa shape index (κ2) is 12.6. The van der Waals surface area contributed by atoms with Crippen LogP contribution in [0, 0.1) is 10.5 Å². The molecule has 0 bridgehead atoms. The van der Waals surface area contributed by atoms with Crippen LogP contribution in [-0.4, -0.2) is 46.6 Å². The smallest absolute Gasteiger partial charge is 0.244 e. The highest BCUT2D eigenvalue weighted by Crippen LogP contribution is 2.28. The van der Waals surface area contributed by atoms with Gasteiger partial charge < -0.3 is 24.7 Å². The van der Waals surface area contributed by atoms with Gasteiger partial charge in [0.2, 0.25) is 11.8 Å². The molecule has 3 rings (SSSR count). The van der Waals surface area contributed by atoms with Crippen LogP contribution in [-0.2, 0) is 23.2 Å². The summed E-state index contributed by atoms with van der Waals surface area (Å²) in [6.45, 7) is 2.16. The van der Waals surface area contributed by atoms with Crippen molar-refractivity contribution in [2.24, 2.45) is 7.05 Å². The first-order valence-electron chi connectivity index (χ1n) is 10.6. The number of anilines is 1. The number of aromatic nitrogens is 3. The standard InChI is InChI=1S/C24H26IN5O4S/c1-15-11-17(25)7-8-18(15)27-23(32)14-35-24-29-28-21(30(24)2)13-26-22(31)10-6-16-5-9-19(33-3)20(12-16)34-4/h5-12H,13-14H2,1-4H3,(H,26,31)(H,27,32). The lowest BCUT2D eigenvalue weighted by atomic mass is 10.2. The van der Waals surface area contributed by atoms with E-state index >= 15 is 0 Å². The third-order valence-corrected chi connectivity index (χ3v) is 6.67. The molecule has 0 saturated carbocycles. The summed E-state index contributed by atoms with van der Waals surface area (Å²) in [5, 5.41) is 14.5. The van der Waals surface area contributed by atoms with Crippen LogP contribution in [0.5, 0.6) is 11.5 Å². The summed E-state index contributed by atoms with van der Waals surface area (Å²) >= 11 is 3.51. The minimum Gasteiger partial charge on any atom is -0.493 e. The average Bonchev–Trinajstić information content (AvgIpc) is 3.20. The van der Waals surface area contributed by atoms with E-state index in [-0.39, 0.29) is 24.1 Å². The van der Waals surface area contributed by atoms with Gasteiger partial charge >= 0.3 is 0 Å². The normalized spacial score (nSPS) is 10.9. The minimum absolute atomic E-state index is 0.127. The molecule has 3 aromatic rings. The fraction of sp³-hybridized carbons (Fsp3) is 0.250. The Bertz CT molecular complexity index is 1240. The van der Waals surface area contributed by atoms with Crippen LogP contribution < -0.4 is 20.1 Å². The molecule has 0 fully saturated rings. The van der Waals surface area contributed by atoms with Gasteiger partial charge in [0.25, 0.3) is 0 Å². The number of amides is 2. The van der Waals surface area contributed by atoms with E-state index in [0.717, 1.165) is 20.4 Å². The van der Waals surface area contributed by atoms with Crippen LogP contribution >= 0.6 is 34.4 Å². The van der Waals surface area contributed by atoms with Crippen LogP contribution in [0.1, 0.15) is 17.0 Å². The van der Waals surface area contributed by atoms with Gasteiger partial charge in [-0.1, -0.05) is 17.8 Å². The highest BCUT2D eigenvalue weighted by atomic mass is 127. The van der Waals surface area contributed by atoms with E-state index in [1.807, 2.05) is 31.2 Å². The number of methoxy groups -OCH3 is 2. The van der Waals surface area contributed by atoms with Crippen LogP contribution in [0.2, 0.25) is 0 Å². The highest BCUT2D eigenvalue weighted by molar-refractivity contribution is 14.1. The largest absolute Gasteiger partial charge is 0.493 e. The topological polar surface area (TPSA) is 107 Å². The fourth-order valence-electron chi connectivity index (χ4n) is 3.06. The molecule has 2 N–H and O–H groups in total. The first-order chi connectivity index (χ1) is 16.8. The van der Waals surface area contributed by atoms with Gasteiger partial charge in [0.1, 0.15) is 0 Å². The number of hydrogen-bond acceptors (Lipinski definition) is 7. The van der Waals surface area contributed by atoms with Gasteiger partial charge in [-0.25, -0.2) is 0 Å². The average molecular weight is 607 g/mol. The van der Waals surface area contributed by atoms with Crippen LogP contribution in [0.3, 0.4) is 0 Å². The third-order valence-electron chi connectivity index (χ3n) is 4.98. The molecule has 0 unspecified atom stereocenters. The van der Waals surface area contributed by atoms with Crippen molar-refractivity contribution >= 4 is 57.9 Å². The van der Waals surface area contributed by atoms with Crippen LogP contribution in [0.25, 0.3) is 6.08 Å². The summed E-state index contributed by atoms with van der Waals surface area (Å²) in [4.78, 5) is 24.6. The van der Waals surface area contributed by atoms with Crippen LogP contribution in [0.4, 0.5) is 5.69 Å². The SMILES string of the molecule is COc1ccc(C=CC(=O)NCc2nnc(SCC(=O)Nc3ccc(I)cc3C)n2C)cc1OC. The Morgan fingerprint density at radius 3 is 2.60 bits per heavy atom. The van der Waals surface area contributed by atoms with Crippen molar-refractivity contribution in [3.63, 3.8) is 0 Å². The maximum atomic E-state index is 12.4. The highest BCUT2D eigenvalue weighted by Gasteiger charge is 2.13. The molecular formula is C24H26IN5O4S. The molecule has 35 heavy (non-hydrogen) atoms. The first-order valence-corrected chi connectivity index (χ1v) is 12.6. The lowest BCUT2D eigenvalue weighted by Gasteiger charge is -2.09. The summed E-state index contributed by atoms with van der Waals surface area (Å²) in [5.41, 5.74) is 2.60. The second-order valence-corrected chi connectivity index (χ2v) is 9.61. The molecule has 0 radical (unpaired) electrons. The maximum absolute atomic E-state index is 12.4. The van der Waals surface area contributed by atoms with Crippen molar-refractivity contribution in [2.45, 2.75) is 18.6 Å². The van der Waals surface area contributed by atoms with Crippen molar-refractivity contribution in [1.29, 1.82) is 0 Å². The van der Waals surface area contributed by atoms with E-state index in [2.05, 4.69) is 43.4 Å². The molecular weight excluding hydrogens is 581 g/mol. The molecule has 1 heterocycles. The van der Waals surface area contributed by atoms with Crippen molar-refractivity contribution in [3.8, 4) is 11.5 Å². The Kier molecular flexibility index (Phi) is 9.55. The van der Waals surface area contributed by atoms with Gasteiger partial charge in [0, 0.05) is 22.4 Å². The van der Waals surface area contributed by atoms with E-state index in [0.29, 0.717) is 22.5 Å². The van der Waals surface area contributed by atoms with Crippen molar-refractivity contribution < 1.29 is 19.1 Å². The number of hydrogen-bond donors (Lipinski definition) is 2. The fourth-order valence-corrected chi connectivity index (χ4v) is 4.44. The van der Waals surface area contributed by atoms with Gasteiger partial charge in [0.15, 0.2) is 22.5 Å². The second-order valence-electron chi connectivity index (χ2n) is 7.42. The van der Waals surface area contributed by atoms with E-state index in [9.17, 15) is 9.59 Å². The number of thioether (sulfide) groups is 1. The molecule has 0 aliphatic heterocycles. The number of halogens is 1. The number of rotatable bonds is 10. The number of nitrogens with zero attached hydrogens (tertiary/aromatic N) is 3. The molecule has 0 saturated heterocycles. The van der Waals surface area contributed by atoms with Gasteiger partial charge in [0.05, 0.1) is 26.5 Å². The van der Waals surface area contributed by atoms with E-state index < -0.39 is 0 Å². The summed E-state index contributed by atoms with van der Waals surface area (Å²) in [6, 6.07) is 11.2. The van der Waals surface area contributed by atoms with E-state index in [1.54, 1.807) is 44.0 Å². The summed E-state index contributed by atoms with van der Waals surface area (Å²) in [6.07, 6.45) is 3.12. The monoisotopic (exact) mass is 607 g/mol. The predicted octanol–water partition coefficient (Wildman–Crippen LogP) is 3.81. The number of aryl methyl sites for hydroxylation is 1. The summed E-state index contributed by atoms with van der Waals surface area (Å²) in [5.74, 6) is 1.57. The first kappa shape index (κ1) is 26.5. The number of ether oxygens (including phenoxy) is 2. The molecule has 2 amide bonds. The molecule has 0 atom stereocenters.